The van der Waals surface area contributed by atoms with Crippen LogP contribution < -0.4 is 15.2 Å². The minimum absolute atomic E-state index is 0.0189. The van der Waals surface area contributed by atoms with Gasteiger partial charge in [-0.2, -0.15) is 8.78 Å². The average molecular weight is 527 g/mol. The third kappa shape index (κ3) is 6.37. The summed E-state index contributed by atoms with van der Waals surface area (Å²) in [7, 11) is -2.33. The molecule has 0 fully saturated rings. The highest BCUT2D eigenvalue weighted by atomic mass is 28.3. The van der Waals surface area contributed by atoms with Crippen LogP contribution in [0, 0.1) is 11.6 Å². The maximum Gasteiger partial charge on any atom is 0.411 e. The van der Waals surface area contributed by atoms with Crippen LogP contribution in [-0.2, 0) is 16.0 Å². The second-order valence-electron chi connectivity index (χ2n) is 10.6. The van der Waals surface area contributed by atoms with Crippen LogP contribution in [0.1, 0.15) is 37.9 Å². The van der Waals surface area contributed by atoms with Gasteiger partial charge in [0.15, 0.2) is 0 Å². The Morgan fingerprint density at radius 3 is 2.22 bits per heavy atom. The van der Waals surface area contributed by atoms with Gasteiger partial charge in [-0.15, -0.1) is 0 Å². The van der Waals surface area contributed by atoms with E-state index in [2.05, 4.69) is 10.1 Å². The summed E-state index contributed by atoms with van der Waals surface area (Å²) in [5.41, 5.74) is -0.0527. The maximum atomic E-state index is 14.8. The van der Waals surface area contributed by atoms with E-state index in [4.69, 9.17) is 4.74 Å². The van der Waals surface area contributed by atoms with Crippen molar-refractivity contribution in [1.29, 1.82) is 0 Å². The summed E-state index contributed by atoms with van der Waals surface area (Å²) in [6, 6.07) is 4.95. The number of amides is 2. The quantitative estimate of drug-likeness (QED) is 0.408. The maximum absolute atomic E-state index is 14.8. The van der Waals surface area contributed by atoms with E-state index in [-0.39, 0.29) is 29.6 Å². The number of rotatable bonds is 5. The van der Waals surface area contributed by atoms with Gasteiger partial charge in [-0.25, -0.2) is 13.6 Å². The van der Waals surface area contributed by atoms with Crippen molar-refractivity contribution in [1.82, 2.24) is 4.90 Å². The zero-order valence-corrected chi connectivity index (χ0v) is 22.0. The number of halogens is 4. The summed E-state index contributed by atoms with van der Waals surface area (Å²) in [5, 5.41) is 2.52. The number of carbonyl (C=O) groups is 2. The Morgan fingerprint density at radius 1 is 1.08 bits per heavy atom. The molecule has 1 N–H and O–H groups in total. The van der Waals surface area contributed by atoms with Crippen molar-refractivity contribution >= 4 is 30.9 Å². The van der Waals surface area contributed by atoms with Gasteiger partial charge in [-0.1, -0.05) is 25.7 Å². The van der Waals surface area contributed by atoms with E-state index in [0.717, 1.165) is 12.1 Å². The van der Waals surface area contributed by atoms with E-state index in [0.29, 0.717) is 11.1 Å². The largest absolute Gasteiger partial charge is 0.444 e. The number of hydrogen-bond donors (Lipinski definition) is 1. The van der Waals surface area contributed by atoms with E-state index in [1.54, 1.807) is 40.4 Å². The van der Waals surface area contributed by atoms with Gasteiger partial charge < -0.3 is 14.8 Å². The van der Waals surface area contributed by atoms with Crippen LogP contribution in [0.15, 0.2) is 30.3 Å². The molecule has 2 aromatic rings. The number of anilines is 1. The first-order valence-corrected chi connectivity index (χ1v) is 14.9. The predicted molar refractivity (Wildman–Crippen MR) is 130 cm³/mol. The van der Waals surface area contributed by atoms with Gasteiger partial charge in [0.25, 0.3) is 5.91 Å². The highest BCUT2D eigenvalue weighted by Gasteiger charge is 2.38. The summed E-state index contributed by atoms with van der Waals surface area (Å²) in [4.78, 5) is 27.6. The molecule has 0 bridgehead atoms. The highest BCUT2D eigenvalue weighted by Crippen LogP contribution is 2.35. The van der Waals surface area contributed by atoms with Crippen LogP contribution in [0.3, 0.4) is 0 Å². The molecule has 0 spiro atoms. The lowest BCUT2D eigenvalue weighted by Crippen LogP contribution is -2.47. The molecule has 0 saturated heterocycles. The van der Waals surface area contributed by atoms with Crippen molar-refractivity contribution in [3.63, 3.8) is 0 Å². The Kier molecular flexibility index (Phi) is 7.73. The van der Waals surface area contributed by atoms with Crippen molar-refractivity contribution in [2.24, 2.45) is 0 Å². The lowest BCUT2D eigenvalue weighted by molar-refractivity contribution is -0.122. The molecule has 1 aliphatic heterocycles. The lowest BCUT2D eigenvalue weighted by atomic mass is 9.92. The molecule has 1 aliphatic rings. The number of carbonyl (C=O) groups excluding carboxylic acids is 2. The number of benzene rings is 2. The van der Waals surface area contributed by atoms with Crippen molar-refractivity contribution in [3.8, 4) is 5.75 Å². The van der Waals surface area contributed by atoms with Gasteiger partial charge in [0.1, 0.15) is 29.0 Å². The predicted octanol–water partition coefficient (Wildman–Crippen LogP) is 5.58. The summed E-state index contributed by atoms with van der Waals surface area (Å²) in [5.74, 6) is -2.33. The molecule has 11 heteroatoms. The fourth-order valence-electron chi connectivity index (χ4n) is 4.15. The number of hydrogen-bond acceptors (Lipinski definition) is 4. The Morgan fingerprint density at radius 2 is 1.69 bits per heavy atom. The van der Waals surface area contributed by atoms with Crippen LogP contribution >= 0.6 is 0 Å². The van der Waals surface area contributed by atoms with E-state index < -0.39 is 50.0 Å². The van der Waals surface area contributed by atoms with Crippen molar-refractivity contribution in [2.45, 2.75) is 65.1 Å². The Balaban J connectivity index is 1.99. The Bertz CT molecular complexity index is 1140. The smallest absolute Gasteiger partial charge is 0.411 e. The molecule has 196 valence electrons. The molecule has 2 amide bonds. The van der Waals surface area contributed by atoms with Crippen LogP contribution in [-0.4, -0.2) is 43.7 Å². The van der Waals surface area contributed by atoms with Gasteiger partial charge >= 0.3 is 12.7 Å². The molecule has 2 aromatic carbocycles. The molecule has 1 atom stereocenters. The number of alkyl halides is 2. The molecule has 36 heavy (non-hydrogen) atoms. The van der Waals surface area contributed by atoms with Crippen LogP contribution in [0.4, 0.5) is 28.0 Å². The third-order valence-corrected chi connectivity index (χ3v) is 7.48. The monoisotopic (exact) mass is 526 g/mol. The number of ether oxygens (including phenoxy) is 2. The zero-order chi connectivity index (χ0) is 27.0. The van der Waals surface area contributed by atoms with Crippen molar-refractivity contribution < 1.29 is 36.6 Å². The molecule has 6 nitrogen and oxygen atoms in total. The first kappa shape index (κ1) is 27.5. The van der Waals surface area contributed by atoms with Crippen molar-refractivity contribution in [2.75, 3.05) is 11.9 Å². The molecule has 0 saturated carbocycles. The number of nitrogens with zero attached hydrogens (tertiary/aromatic N) is 1. The molecule has 1 unspecified atom stereocenters. The number of fused-ring (bicyclic) bond motifs is 1. The minimum Gasteiger partial charge on any atom is -0.444 e. The lowest BCUT2D eigenvalue weighted by Gasteiger charge is -2.37. The second-order valence-corrected chi connectivity index (χ2v) is 15.6. The van der Waals surface area contributed by atoms with Crippen LogP contribution in [0.25, 0.3) is 0 Å². The highest BCUT2D eigenvalue weighted by molar-refractivity contribution is 6.88. The molecule has 0 aliphatic carbocycles. The van der Waals surface area contributed by atoms with Gasteiger partial charge in [0.05, 0.1) is 8.07 Å². The second kappa shape index (κ2) is 10.1. The summed E-state index contributed by atoms with van der Waals surface area (Å²) in [6.07, 6.45) is -0.500. The van der Waals surface area contributed by atoms with E-state index in [1.807, 2.05) is 0 Å². The molecular formula is C25H30F4N2O4Si. The van der Waals surface area contributed by atoms with Crippen molar-refractivity contribution in [3.05, 3.63) is 53.1 Å². The van der Waals surface area contributed by atoms with E-state index in [1.165, 1.54) is 23.1 Å². The Hall–Kier alpha value is -3.08. The van der Waals surface area contributed by atoms with Crippen LogP contribution in [0.2, 0.25) is 19.6 Å². The zero-order valence-electron chi connectivity index (χ0n) is 21.0. The van der Waals surface area contributed by atoms with Gasteiger partial charge in [0, 0.05) is 17.4 Å². The van der Waals surface area contributed by atoms with Gasteiger partial charge in [-0.3, -0.25) is 9.69 Å². The van der Waals surface area contributed by atoms with Gasteiger partial charge in [0.2, 0.25) is 0 Å². The molecule has 0 aromatic heterocycles. The van der Waals surface area contributed by atoms with Gasteiger partial charge in [-0.05, 0) is 62.6 Å². The number of nitrogens with one attached hydrogen (secondary N) is 1. The third-order valence-electron chi connectivity index (χ3n) is 5.50. The summed E-state index contributed by atoms with van der Waals surface area (Å²) >= 11 is 0. The normalized spacial score (nSPS) is 16.0. The van der Waals surface area contributed by atoms with E-state index >= 15 is 0 Å². The molecule has 3 rings (SSSR count). The van der Waals surface area contributed by atoms with Crippen LogP contribution in [0.5, 0.6) is 5.75 Å². The summed E-state index contributed by atoms with van der Waals surface area (Å²) in [6.45, 7) is 7.47. The molecule has 1 heterocycles. The van der Waals surface area contributed by atoms with E-state index in [9.17, 15) is 27.2 Å². The fourth-order valence-corrected chi connectivity index (χ4v) is 5.73. The summed E-state index contributed by atoms with van der Waals surface area (Å²) < 4.78 is 64.8. The standard InChI is InChI=1S/C25H30F4N2O4Si/c1-25(2,3)35-24(33)31-10-9-14-11-16(34-23(28)29)7-8-17(14)20(31)22(32)30-15-12-18(26)21(19(27)13-15)36(4,5)6/h7-8,11-13,20,23H,9-10H2,1-6H3,(H,30,32). The fraction of sp³-hybridized carbons (Fsp3) is 0.440. The minimum atomic E-state index is -3.02. The Labute approximate surface area is 208 Å². The SMILES string of the molecule is CC(C)(C)OC(=O)N1CCc2cc(OC(F)F)ccc2C1C(=O)Nc1cc(F)c([Si](C)(C)C)c(F)c1. The topological polar surface area (TPSA) is 67.9 Å². The molecule has 0 radical (unpaired) electrons. The average Bonchev–Trinajstić information content (AvgIpc) is 2.69. The first-order chi connectivity index (χ1) is 16.6. The molecular weight excluding hydrogens is 496 g/mol. The first-order valence-electron chi connectivity index (χ1n) is 11.4.